The van der Waals surface area contributed by atoms with Crippen LogP contribution < -0.4 is 0 Å². The highest BCUT2D eigenvalue weighted by atomic mass is 16.5. The van der Waals surface area contributed by atoms with Gasteiger partial charge in [-0.05, 0) is 12.0 Å². The molecule has 104 valence electrons. The number of hydrogen-bond donors (Lipinski definition) is 2. The zero-order valence-corrected chi connectivity index (χ0v) is 10.7. The van der Waals surface area contributed by atoms with Crippen molar-refractivity contribution < 1.29 is 24.5 Å². The zero-order chi connectivity index (χ0) is 13.8. The fraction of sp³-hybridized carbons (Fsp3) is 0.500. The minimum Gasteiger partial charge on any atom is -0.469 e. The topological polar surface area (TPSA) is 76.0 Å². The van der Waals surface area contributed by atoms with Crippen molar-refractivity contribution in [3.05, 3.63) is 35.9 Å². The Balaban J connectivity index is 2.00. The van der Waals surface area contributed by atoms with Gasteiger partial charge in [-0.3, -0.25) is 4.79 Å². The molecular weight excluding hydrogens is 248 g/mol. The molecule has 4 atom stereocenters. The summed E-state index contributed by atoms with van der Waals surface area (Å²) in [5, 5.41) is 20.0. The molecule has 2 rings (SSSR count). The zero-order valence-electron chi connectivity index (χ0n) is 10.7. The summed E-state index contributed by atoms with van der Waals surface area (Å²) in [5.74, 6) is -0.353. The van der Waals surface area contributed by atoms with Crippen LogP contribution in [0, 0.1) is 0 Å². The summed E-state index contributed by atoms with van der Waals surface area (Å²) in [7, 11) is 1.32. The van der Waals surface area contributed by atoms with Gasteiger partial charge in [0.05, 0.1) is 13.2 Å². The fourth-order valence-corrected chi connectivity index (χ4v) is 2.27. The van der Waals surface area contributed by atoms with E-state index >= 15 is 0 Å². The SMILES string of the molecule is COC(=O)CC[C@@H]1O[C@@H](c2ccccc2)[C@@H](O)[C@H]1O. The fourth-order valence-electron chi connectivity index (χ4n) is 2.27. The second kappa shape index (κ2) is 6.14. The summed E-state index contributed by atoms with van der Waals surface area (Å²) < 4.78 is 10.2. The molecule has 1 aromatic carbocycles. The minimum atomic E-state index is -0.991. The van der Waals surface area contributed by atoms with Crippen molar-refractivity contribution in [1.29, 1.82) is 0 Å². The van der Waals surface area contributed by atoms with Crippen LogP contribution >= 0.6 is 0 Å². The third-order valence-electron chi connectivity index (χ3n) is 3.35. The van der Waals surface area contributed by atoms with Crippen LogP contribution in [0.3, 0.4) is 0 Å². The first-order chi connectivity index (χ1) is 9.13. The van der Waals surface area contributed by atoms with Crippen LogP contribution in [0.1, 0.15) is 24.5 Å². The highest BCUT2D eigenvalue weighted by molar-refractivity contribution is 5.69. The van der Waals surface area contributed by atoms with E-state index in [4.69, 9.17) is 4.74 Å². The van der Waals surface area contributed by atoms with Gasteiger partial charge in [-0.2, -0.15) is 0 Å². The Bertz CT molecular complexity index is 419. The average molecular weight is 266 g/mol. The van der Waals surface area contributed by atoms with Crippen LogP contribution in [0.4, 0.5) is 0 Å². The largest absolute Gasteiger partial charge is 0.469 e. The molecule has 0 bridgehead atoms. The Morgan fingerprint density at radius 2 is 1.95 bits per heavy atom. The van der Waals surface area contributed by atoms with Crippen molar-refractivity contribution in [3.8, 4) is 0 Å². The van der Waals surface area contributed by atoms with Gasteiger partial charge in [-0.15, -0.1) is 0 Å². The maximum atomic E-state index is 11.1. The molecule has 1 heterocycles. The molecule has 0 saturated carbocycles. The molecule has 1 aliphatic rings. The maximum Gasteiger partial charge on any atom is 0.305 e. The lowest BCUT2D eigenvalue weighted by atomic mass is 10.0. The first-order valence-electron chi connectivity index (χ1n) is 6.27. The van der Waals surface area contributed by atoms with Gasteiger partial charge in [-0.1, -0.05) is 30.3 Å². The Kier molecular flexibility index (Phi) is 4.52. The molecule has 0 unspecified atom stereocenters. The van der Waals surface area contributed by atoms with E-state index in [0.29, 0.717) is 6.42 Å². The summed E-state index contributed by atoms with van der Waals surface area (Å²) >= 11 is 0. The summed E-state index contributed by atoms with van der Waals surface area (Å²) in [6.45, 7) is 0. The lowest BCUT2D eigenvalue weighted by Crippen LogP contribution is -2.30. The summed E-state index contributed by atoms with van der Waals surface area (Å²) in [6.07, 6.45) is -2.60. The van der Waals surface area contributed by atoms with Crippen molar-refractivity contribution >= 4 is 5.97 Å². The second-order valence-electron chi connectivity index (χ2n) is 4.60. The molecule has 0 spiro atoms. The van der Waals surface area contributed by atoms with Crippen molar-refractivity contribution in [1.82, 2.24) is 0 Å². The minimum absolute atomic E-state index is 0.159. The van der Waals surface area contributed by atoms with Gasteiger partial charge >= 0.3 is 5.97 Å². The quantitative estimate of drug-likeness (QED) is 0.788. The van der Waals surface area contributed by atoms with Gasteiger partial charge in [0.15, 0.2) is 0 Å². The van der Waals surface area contributed by atoms with Crippen LogP contribution in [-0.2, 0) is 14.3 Å². The van der Waals surface area contributed by atoms with E-state index in [9.17, 15) is 15.0 Å². The van der Waals surface area contributed by atoms with Gasteiger partial charge in [0.25, 0.3) is 0 Å². The molecule has 0 aliphatic carbocycles. The van der Waals surface area contributed by atoms with Crippen molar-refractivity contribution in [2.75, 3.05) is 7.11 Å². The summed E-state index contributed by atoms with van der Waals surface area (Å²) in [5.41, 5.74) is 0.814. The molecule has 5 heteroatoms. The van der Waals surface area contributed by atoms with Crippen LogP contribution in [0.2, 0.25) is 0 Å². The third kappa shape index (κ3) is 3.12. The number of rotatable bonds is 4. The third-order valence-corrected chi connectivity index (χ3v) is 3.35. The molecular formula is C14H18O5. The lowest BCUT2D eigenvalue weighted by molar-refractivity contribution is -0.141. The van der Waals surface area contributed by atoms with E-state index in [1.54, 1.807) is 0 Å². The standard InChI is InChI=1S/C14H18O5/c1-18-11(15)8-7-10-12(16)13(17)14(19-10)9-5-3-2-4-6-9/h2-6,10,12-14,16-17H,7-8H2,1H3/t10-,12-,13-,14-/m0/s1. The lowest BCUT2D eigenvalue weighted by Gasteiger charge is -2.14. The maximum absolute atomic E-state index is 11.1. The molecule has 0 aromatic heterocycles. The smallest absolute Gasteiger partial charge is 0.305 e. The van der Waals surface area contributed by atoms with Gasteiger partial charge in [0, 0.05) is 6.42 Å². The number of carbonyl (C=O) groups is 1. The van der Waals surface area contributed by atoms with E-state index in [1.165, 1.54) is 7.11 Å². The highest BCUT2D eigenvalue weighted by Gasteiger charge is 2.43. The van der Waals surface area contributed by atoms with E-state index in [2.05, 4.69) is 4.74 Å². The predicted molar refractivity (Wildman–Crippen MR) is 67.3 cm³/mol. The predicted octanol–water partition coefficient (Wildman–Crippen LogP) is 0.801. The van der Waals surface area contributed by atoms with Crippen LogP contribution in [0.25, 0.3) is 0 Å². The second-order valence-corrected chi connectivity index (χ2v) is 4.60. The molecule has 0 radical (unpaired) electrons. The monoisotopic (exact) mass is 266 g/mol. The number of ether oxygens (including phenoxy) is 2. The van der Waals surface area contributed by atoms with E-state index in [0.717, 1.165) is 5.56 Å². The van der Waals surface area contributed by atoms with Gasteiger partial charge in [0.2, 0.25) is 0 Å². The van der Waals surface area contributed by atoms with E-state index in [1.807, 2.05) is 30.3 Å². The molecule has 19 heavy (non-hydrogen) atoms. The van der Waals surface area contributed by atoms with Crippen molar-refractivity contribution in [2.45, 2.75) is 37.3 Å². The number of benzene rings is 1. The number of esters is 1. The number of hydrogen-bond acceptors (Lipinski definition) is 5. The normalized spacial score (nSPS) is 30.3. The highest BCUT2D eigenvalue weighted by Crippen LogP contribution is 2.35. The van der Waals surface area contributed by atoms with Crippen LogP contribution in [0.5, 0.6) is 0 Å². The van der Waals surface area contributed by atoms with Crippen molar-refractivity contribution in [2.24, 2.45) is 0 Å². The van der Waals surface area contributed by atoms with E-state index in [-0.39, 0.29) is 12.4 Å². The molecule has 1 fully saturated rings. The Morgan fingerprint density at radius 3 is 2.58 bits per heavy atom. The number of aliphatic hydroxyl groups is 2. The Labute approximate surface area is 111 Å². The molecule has 1 aliphatic heterocycles. The summed E-state index contributed by atoms with van der Waals surface area (Å²) in [4.78, 5) is 11.1. The van der Waals surface area contributed by atoms with Gasteiger partial charge in [-0.25, -0.2) is 0 Å². The molecule has 1 aromatic rings. The Hall–Kier alpha value is -1.43. The number of carbonyl (C=O) groups excluding carboxylic acids is 1. The van der Waals surface area contributed by atoms with Crippen molar-refractivity contribution in [3.63, 3.8) is 0 Å². The van der Waals surface area contributed by atoms with Gasteiger partial charge in [0.1, 0.15) is 18.3 Å². The molecule has 5 nitrogen and oxygen atoms in total. The first-order valence-corrected chi connectivity index (χ1v) is 6.27. The van der Waals surface area contributed by atoms with Crippen LogP contribution in [-0.4, -0.2) is 41.6 Å². The summed E-state index contributed by atoms with van der Waals surface area (Å²) in [6, 6.07) is 9.24. The Morgan fingerprint density at radius 1 is 1.26 bits per heavy atom. The first kappa shape index (κ1) is 14.0. The number of aliphatic hydroxyl groups excluding tert-OH is 2. The molecule has 1 saturated heterocycles. The number of methoxy groups -OCH3 is 1. The van der Waals surface area contributed by atoms with E-state index < -0.39 is 24.4 Å². The van der Waals surface area contributed by atoms with Gasteiger partial charge < -0.3 is 19.7 Å². The molecule has 2 N–H and O–H groups in total. The molecule has 0 amide bonds. The van der Waals surface area contributed by atoms with Crippen LogP contribution in [0.15, 0.2) is 30.3 Å². The average Bonchev–Trinajstić information content (AvgIpc) is 2.73.